The molecule has 262 valence electrons. The van der Waals surface area contributed by atoms with Gasteiger partial charge in [-0.1, -0.05) is 36.4 Å². The Kier molecular flexibility index (Phi) is 10.3. The lowest BCUT2D eigenvalue weighted by atomic mass is 9.97. The number of likely N-dealkylation sites (tertiary alicyclic amines) is 1. The molecule has 0 aliphatic carbocycles. The Morgan fingerprint density at radius 2 is 1.63 bits per heavy atom. The predicted molar refractivity (Wildman–Crippen MR) is 158 cm³/mol. The van der Waals surface area contributed by atoms with E-state index < -0.39 is 59.3 Å². The average Bonchev–Trinajstić information content (AvgIpc) is 3.71. The van der Waals surface area contributed by atoms with E-state index in [1.807, 2.05) is 0 Å². The third-order valence-corrected chi connectivity index (χ3v) is 7.90. The van der Waals surface area contributed by atoms with Gasteiger partial charge in [-0.15, -0.1) is 0 Å². The monoisotopic (exact) mass is 700 g/mol. The van der Waals surface area contributed by atoms with Crippen LogP contribution in [0.3, 0.4) is 0 Å². The molecule has 1 aliphatic rings. The zero-order valence-corrected chi connectivity index (χ0v) is 25.8. The highest BCUT2D eigenvalue weighted by molar-refractivity contribution is 5.90. The van der Waals surface area contributed by atoms with Crippen molar-refractivity contribution in [3.05, 3.63) is 94.8 Å². The number of nitrogens with zero attached hydrogens (tertiary/aromatic N) is 4. The number of hydrogen-bond acceptors (Lipinski definition) is 6. The van der Waals surface area contributed by atoms with Crippen LogP contribution in [-0.4, -0.2) is 58.1 Å². The van der Waals surface area contributed by atoms with Crippen molar-refractivity contribution in [1.82, 2.24) is 19.7 Å². The van der Waals surface area contributed by atoms with Gasteiger partial charge in [0.05, 0.1) is 30.5 Å². The lowest BCUT2D eigenvalue weighted by Gasteiger charge is -2.19. The van der Waals surface area contributed by atoms with Crippen LogP contribution < -0.4 is 4.74 Å². The van der Waals surface area contributed by atoms with Crippen LogP contribution in [0.15, 0.2) is 66.9 Å². The summed E-state index contributed by atoms with van der Waals surface area (Å²) >= 11 is 0. The molecular weight excluding hydrogens is 671 g/mol. The van der Waals surface area contributed by atoms with Crippen molar-refractivity contribution in [2.45, 2.75) is 50.8 Å². The van der Waals surface area contributed by atoms with Crippen molar-refractivity contribution in [3.63, 3.8) is 0 Å². The molecule has 5 rings (SSSR count). The van der Waals surface area contributed by atoms with E-state index in [0.29, 0.717) is 36.0 Å². The number of benzene rings is 2. The van der Waals surface area contributed by atoms with E-state index in [4.69, 9.17) is 9.47 Å². The second-order valence-corrected chi connectivity index (χ2v) is 11.3. The molecule has 0 unspecified atom stereocenters. The fraction of sp³-hybridized carbons (Fsp3) is 0.364. The third-order valence-electron chi connectivity index (χ3n) is 7.90. The number of pyridine rings is 1. The number of ether oxygens (including phenoxy) is 2. The van der Waals surface area contributed by atoms with Gasteiger partial charge in [-0.2, -0.15) is 44.6 Å². The summed E-state index contributed by atoms with van der Waals surface area (Å²) in [4.78, 5) is 18.1. The smallest absolute Gasteiger partial charge is 0.434 e. The van der Waals surface area contributed by atoms with E-state index in [1.54, 1.807) is 29.2 Å². The van der Waals surface area contributed by atoms with Crippen molar-refractivity contribution in [3.8, 4) is 22.8 Å². The first-order chi connectivity index (χ1) is 23.0. The van der Waals surface area contributed by atoms with Crippen molar-refractivity contribution in [2.24, 2.45) is 0 Å². The maximum absolute atomic E-state index is 14.2. The maximum Gasteiger partial charge on any atom is 0.434 e. The number of rotatable bonds is 10. The molecule has 1 saturated heterocycles. The molecule has 49 heavy (non-hydrogen) atoms. The van der Waals surface area contributed by atoms with Gasteiger partial charge in [0.2, 0.25) is 0 Å². The Morgan fingerprint density at radius 1 is 0.918 bits per heavy atom. The number of aromatic nitrogens is 3. The fourth-order valence-corrected chi connectivity index (χ4v) is 5.60. The summed E-state index contributed by atoms with van der Waals surface area (Å²) in [5, 5.41) is 3.68. The first-order valence-electron chi connectivity index (χ1n) is 15.1. The number of halogens is 9. The molecule has 0 spiro atoms. The van der Waals surface area contributed by atoms with Gasteiger partial charge in [0, 0.05) is 18.7 Å². The van der Waals surface area contributed by atoms with Crippen molar-refractivity contribution >= 4 is 5.97 Å². The first kappa shape index (κ1) is 35.7. The lowest BCUT2D eigenvalue weighted by Crippen LogP contribution is -2.26. The number of alkyl halides is 9. The van der Waals surface area contributed by atoms with Crippen LogP contribution in [0.1, 0.15) is 58.4 Å². The van der Waals surface area contributed by atoms with Gasteiger partial charge in [0.15, 0.2) is 11.5 Å². The van der Waals surface area contributed by atoms with E-state index in [2.05, 4.69) is 10.1 Å². The fourth-order valence-electron chi connectivity index (χ4n) is 5.60. The van der Waals surface area contributed by atoms with Gasteiger partial charge < -0.3 is 14.4 Å². The number of carbonyl (C=O) groups excluding carboxylic acids is 1. The van der Waals surface area contributed by atoms with Crippen LogP contribution in [0.2, 0.25) is 0 Å². The third kappa shape index (κ3) is 8.53. The minimum atomic E-state index is -5.07. The van der Waals surface area contributed by atoms with Crippen LogP contribution in [0, 0.1) is 0 Å². The van der Waals surface area contributed by atoms with E-state index in [-0.39, 0.29) is 36.9 Å². The zero-order chi connectivity index (χ0) is 35.6. The average molecular weight is 701 g/mol. The molecule has 0 radical (unpaired) electrons. The molecule has 1 fully saturated rings. The summed E-state index contributed by atoms with van der Waals surface area (Å²) in [6, 6.07) is 13.7. The Morgan fingerprint density at radius 3 is 2.29 bits per heavy atom. The Bertz CT molecular complexity index is 1770. The molecule has 2 aromatic heterocycles. The number of esters is 1. The molecule has 0 amide bonds. The van der Waals surface area contributed by atoms with E-state index >= 15 is 0 Å². The van der Waals surface area contributed by atoms with Crippen LogP contribution in [-0.2, 0) is 23.7 Å². The summed E-state index contributed by atoms with van der Waals surface area (Å²) in [7, 11) is 0. The van der Waals surface area contributed by atoms with E-state index in [1.165, 1.54) is 25.1 Å². The van der Waals surface area contributed by atoms with Crippen molar-refractivity contribution < 1.29 is 53.8 Å². The van der Waals surface area contributed by atoms with Gasteiger partial charge >= 0.3 is 24.5 Å². The highest BCUT2D eigenvalue weighted by Crippen LogP contribution is 2.42. The second-order valence-electron chi connectivity index (χ2n) is 11.3. The molecule has 4 aromatic rings. The van der Waals surface area contributed by atoms with Gasteiger partial charge in [0.1, 0.15) is 17.9 Å². The lowest BCUT2D eigenvalue weighted by molar-refractivity contribution is -0.143. The Labute approximate surface area is 274 Å². The summed E-state index contributed by atoms with van der Waals surface area (Å²) in [5.74, 6) is -2.29. The number of hydrogen-bond donors (Lipinski definition) is 0. The minimum absolute atomic E-state index is 0.000120. The standard InChI is InChI=1S/C33H29F9N4O3/c1-2-48-30(47)24-17-43-46(29(24)33(40,41)42)27-8-4-7-26(44-27)23-5-3-6-25(32(37,38)39)28(23)49-19-20-9-11-21(12-10-20)22-13-15-45(18-22)16-14-31(34,35)36/h3-12,17,22H,2,13-16,18-19H2,1H3/t22-/m0/s1. The van der Waals surface area contributed by atoms with Crippen LogP contribution in [0.25, 0.3) is 17.1 Å². The summed E-state index contributed by atoms with van der Waals surface area (Å²) in [5.41, 5.74) is -2.42. The van der Waals surface area contributed by atoms with Gasteiger partial charge in [-0.3, -0.25) is 0 Å². The zero-order valence-electron chi connectivity index (χ0n) is 25.8. The molecule has 2 aromatic carbocycles. The van der Waals surface area contributed by atoms with Crippen molar-refractivity contribution in [2.75, 3.05) is 26.2 Å². The van der Waals surface area contributed by atoms with Crippen LogP contribution in [0.4, 0.5) is 39.5 Å². The largest absolute Gasteiger partial charge is 0.488 e. The van der Waals surface area contributed by atoms with E-state index in [9.17, 15) is 44.3 Å². The molecule has 0 saturated carbocycles. The molecule has 7 nitrogen and oxygen atoms in total. The maximum atomic E-state index is 14.2. The Balaban J connectivity index is 1.41. The normalized spacial score (nSPS) is 15.8. The molecule has 1 atom stereocenters. The molecule has 3 heterocycles. The van der Waals surface area contributed by atoms with Crippen molar-refractivity contribution in [1.29, 1.82) is 0 Å². The molecular formula is C33H29F9N4O3. The molecule has 0 bridgehead atoms. The number of carbonyl (C=O) groups is 1. The highest BCUT2D eigenvalue weighted by atomic mass is 19.4. The van der Waals surface area contributed by atoms with Gasteiger partial charge in [-0.25, -0.2) is 14.5 Å². The highest BCUT2D eigenvalue weighted by Gasteiger charge is 2.42. The second kappa shape index (κ2) is 14.1. The quantitative estimate of drug-likeness (QED) is 0.122. The first-order valence-corrected chi connectivity index (χ1v) is 15.1. The molecule has 0 N–H and O–H groups in total. The Hall–Kier alpha value is -4.60. The molecule has 16 heteroatoms. The molecule has 1 aliphatic heterocycles. The summed E-state index contributed by atoms with van der Waals surface area (Å²) < 4.78 is 133. The topological polar surface area (TPSA) is 69.5 Å². The summed E-state index contributed by atoms with van der Waals surface area (Å²) in [6.07, 6.45) is -13.7. The summed E-state index contributed by atoms with van der Waals surface area (Å²) in [6.45, 7) is 1.79. The predicted octanol–water partition coefficient (Wildman–Crippen LogP) is 8.47. The van der Waals surface area contributed by atoms with E-state index in [0.717, 1.165) is 23.8 Å². The number of para-hydroxylation sites is 1. The van der Waals surface area contributed by atoms with Gasteiger partial charge in [-0.05, 0) is 61.2 Å². The van der Waals surface area contributed by atoms with Gasteiger partial charge in [0.25, 0.3) is 0 Å². The minimum Gasteiger partial charge on any atom is -0.488 e. The SMILES string of the molecule is CCOC(=O)c1cnn(-c2cccc(-c3cccc(C(F)(F)F)c3OCc3ccc([C@H]4CCN(CCC(F)(F)F)C4)cc3)n2)c1C(F)(F)F. The van der Waals surface area contributed by atoms with Crippen LogP contribution in [0.5, 0.6) is 5.75 Å². The van der Waals surface area contributed by atoms with Crippen LogP contribution >= 0.6 is 0 Å².